The standard InChI is InChI=1S/C12H28N2/c1-5-12(6-2,7-3)14-10-11(4)8-9-13/h11,14H,5-10,13H2,1-4H3. The lowest BCUT2D eigenvalue weighted by Gasteiger charge is -2.33. The molecule has 14 heavy (non-hydrogen) atoms. The molecule has 1 atom stereocenters. The van der Waals surface area contributed by atoms with Gasteiger partial charge in [0.15, 0.2) is 0 Å². The van der Waals surface area contributed by atoms with Gasteiger partial charge in [0.25, 0.3) is 0 Å². The minimum absolute atomic E-state index is 0.364. The number of nitrogens with one attached hydrogen (secondary N) is 1. The van der Waals surface area contributed by atoms with Gasteiger partial charge in [-0.25, -0.2) is 0 Å². The van der Waals surface area contributed by atoms with Gasteiger partial charge in [0, 0.05) is 5.54 Å². The summed E-state index contributed by atoms with van der Waals surface area (Å²) in [4.78, 5) is 0. The van der Waals surface area contributed by atoms with Crippen molar-refractivity contribution in [3.63, 3.8) is 0 Å². The van der Waals surface area contributed by atoms with Crippen molar-refractivity contribution in [3.8, 4) is 0 Å². The zero-order valence-electron chi connectivity index (χ0n) is 10.4. The first-order chi connectivity index (χ1) is 6.64. The lowest BCUT2D eigenvalue weighted by atomic mass is 9.89. The molecule has 3 N–H and O–H groups in total. The maximum Gasteiger partial charge on any atom is 0.0173 e. The van der Waals surface area contributed by atoms with Gasteiger partial charge < -0.3 is 11.1 Å². The highest BCUT2D eigenvalue weighted by Gasteiger charge is 2.22. The predicted molar refractivity (Wildman–Crippen MR) is 64.4 cm³/mol. The number of nitrogens with two attached hydrogens (primary N) is 1. The zero-order valence-corrected chi connectivity index (χ0v) is 10.4. The molecule has 2 heteroatoms. The van der Waals surface area contributed by atoms with Gasteiger partial charge in [-0.05, 0) is 44.7 Å². The highest BCUT2D eigenvalue weighted by molar-refractivity contribution is 4.84. The first kappa shape index (κ1) is 13.9. The number of hydrogen-bond donors (Lipinski definition) is 2. The van der Waals surface area contributed by atoms with E-state index in [1.165, 1.54) is 19.3 Å². The molecule has 0 radical (unpaired) electrons. The largest absolute Gasteiger partial charge is 0.330 e. The van der Waals surface area contributed by atoms with Crippen LogP contribution >= 0.6 is 0 Å². The highest BCUT2D eigenvalue weighted by Crippen LogP contribution is 2.19. The van der Waals surface area contributed by atoms with Crippen molar-refractivity contribution in [1.82, 2.24) is 5.32 Å². The molecule has 0 saturated carbocycles. The summed E-state index contributed by atoms with van der Waals surface area (Å²) in [6.07, 6.45) is 4.78. The highest BCUT2D eigenvalue weighted by atomic mass is 15.0. The monoisotopic (exact) mass is 200 g/mol. The van der Waals surface area contributed by atoms with Crippen molar-refractivity contribution in [2.24, 2.45) is 11.7 Å². The lowest BCUT2D eigenvalue weighted by Crippen LogP contribution is -2.45. The third kappa shape index (κ3) is 4.43. The van der Waals surface area contributed by atoms with Crippen LogP contribution in [0.1, 0.15) is 53.4 Å². The van der Waals surface area contributed by atoms with Gasteiger partial charge in [-0.15, -0.1) is 0 Å². The molecule has 0 saturated heterocycles. The Morgan fingerprint density at radius 1 is 1.14 bits per heavy atom. The Morgan fingerprint density at radius 3 is 2.00 bits per heavy atom. The van der Waals surface area contributed by atoms with E-state index in [4.69, 9.17) is 5.73 Å². The van der Waals surface area contributed by atoms with Gasteiger partial charge in [-0.1, -0.05) is 27.7 Å². The van der Waals surface area contributed by atoms with Gasteiger partial charge in [0.1, 0.15) is 0 Å². The van der Waals surface area contributed by atoms with Crippen LogP contribution in [0.4, 0.5) is 0 Å². The maximum absolute atomic E-state index is 5.54. The van der Waals surface area contributed by atoms with Crippen LogP contribution in [0.5, 0.6) is 0 Å². The Labute approximate surface area is 89.6 Å². The van der Waals surface area contributed by atoms with E-state index in [0.717, 1.165) is 19.5 Å². The molecular formula is C12H28N2. The molecular weight excluding hydrogens is 172 g/mol. The van der Waals surface area contributed by atoms with E-state index in [1.807, 2.05) is 0 Å². The molecule has 0 aromatic rings. The van der Waals surface area contributed by atoms with Gasteiger partial charge in [0.05, 0.1) is 0 Å². The van der Waals surface area contributed by atoms with Gasteiger partial charge in [0.2, 0.25) is 0 Å². The molecule has 0 aliphatic heterocycles. The van der Waals surface area contributed by atoms with Crippen molar-refractivity contribution < 1.29 is 0 Å². The first-order valence-corrected chi connectivity index (χ1v) is 6.09. The van der Waals surface area contributed by atoms with Crippen LogP contribution in [0.2, 0.25) is 0 Å². The van der Waals surface area contributed by atoms with Crippen LogP contribution in [0.15, 0.2) is 0 Å². The minimum atomic E-state index is 0.364. The fourth-order valence-electron chi connectivity index (χ4n) is 1.90. The smallest absolute Gasteiger partial charge is 0.0173 e. The SMILES string of the molecule is CCC(CC)(CC)NCC(C)CCN. The first-order valence-electron chi connectivity index (χ1n) is 6.09. The lowest BCUT2D eigenvalue weighted by molar-refractivity contribution is 0.271. The molecule has 0 rings (SSSR count). The molecule has 0 spiro atoms. The van der Waals surface area contributed by atoms with Crippen molar-refractivity contribution in [3.05, 3.63) is 0 Å². The Morgan fingerprint density at radius 2 is 1.64 bits per heavy atom. The predicted octanol–water partition coefficient (Wildman–Crippen LogP) is 2.53. The average molecular weight is 200 g/mol. The normalized spacial score (nSPS) is 14.4. The minimum Gasteiger partial charge on any atom is -0.330 e. The van der Waals surface area contributed by atoms with Crippen LogP contribution in [-0.2, 0) is 0 Å². The van der Waals surface area contributed by atoms with E-state index >= 15 is 0 Å². The molecule has 86 valence electrons. The van der Waals surface area contributed by atoms with Crippen LogP contribution in [-0.4, -0.2) is 18.6 Å². The molecule has 0 aromatic heterocycles. The number of hydrogen-bond acceptors (Lipinski definition) is 2. The summed E-state index contributed by atoms with van der Waals surface area (Å²) in [6, 6.07) is 0. The molecule has 2 nitrogen and oxygen atoms in total. The number of rotatable bonds is 8. The van der Waals surface area contributed by atoms with Crippen molar-refractivity contribution in [2.75, 3.05) is 13.1 Å². The molecule has 0 aliphatic rings. The second-order valence-corrected chi connectivity index (χ2v) is 4.40. The fourth-order valence-corrected chi connectivity index (χ4v) is 1.90. The van der Waals surface area contributed by atoms with Crippen LogP contribution in [0.25, 0.3) is 0 Å². The summed E-state index contributed by atoms with van der Waals surface area (Å²) in [5.41, 5.74) is 5.90. The van der Waals surface area contributed by atoms with Crippen LogP contribution in [0, 0.1) is 5.92 Å². The molecule has 1 unspecified atom stereocenters. The topological polar surface area (TPSA) is 38.0 Å². The second-order valence-electron chi connectivity index (χ2n) is 4.40. The molecule has 0 aromatic carbocycles. The van der Waals surface area contributed by atoms with Gasteiger partial charge >= 0.3 is 0 Å². The summed E-state index contributed by atoms with van der Waals surface area (Å²) >= 11 is 0. The third-order valence-electron chi connectivity index (χ3n) is 3.52. The molecule has 0 fully saturated rings. The van der Waals surface area contributed by atoms with E-state index in [0.29, 0.717) is 11.5 Å². The summed E-state index contributed by atoms with van der Waals surface area (Å²) < 4.78 is 0. The molecule has 0 bridgehead atoms. The van der Waals surface area contributed by atoms with E-state index in [9.17, 15) is 0 Å². The molecule has 0 amide bonds. The van der Waals surface area contributed by atoms with Crippen LogP contribution < -0.4 is 11.1 Å². The quantitative estimate of drug-likeness (QED) is 0.632. The van der Waals surface area contributed by atoms with Crippen molar-refractivity contribution >= 4 is 0 Å². The Bertz CT molecular complexity index is 122. The van der Waals surface area contributed by atoms with Crippen LogP contribution in [0.3, 0.4) is 0 Å². The van der Waals surface area contributed by atoms with E-state index in [1.54, 1.807) is 0 Å². The van der Waals surface area contributed by atoms with Crippen molar-refractivity contribution in [2.45, 2.75) is 58.9 Å². The maximum atomic E-state index is 5.54. The molecule has 0 heterocycles. The van der Waals surface area contributed by atoms with Gasteiger partial charge in [-0.3, -0.25) is 0 Å². The third-order valence-corrected chi connectivity index (χ3v) is 3.52. The summed E-state index contributed by atoms with van der Waals surface area (Å²) in [5, 5.41) is 3.71. The van der Waals surface area contributed by atoms with E-state index in [-0.39, 0.29) is 0 Å². The van der Waals surface area contributed by atoms with Crippen molar-refractivity contribution in [1.29, 1.82) is 0 Å². The van der Waals surface area contributed by atoms with E-state index in [2.05, 4.69) is 33.0 Å². The average Bonchev–Trinajstić information content (AvgIpc) is 2.21. The van der Waals surface area contributed by atoms with Gasteiger partial charge in [-0.2, -0.15) is 0 Å². The Hall–Kier alpha value is -0.0800. The zero-order chi connectivity index (χ0) is 11.0. The summed E-state index contributed by atoms with van der Waals surface area (Å²) in [6.45, 7) is 11.0. The second kappa shape index (κ2) is 7.24. The fraction of sp³-hybridized carbons (Fsp3) is 1.00. The summed E-state index contributed by atoms with van der Waals surface area (Å²) in [5.74, 6) is 0.698. The van der Waals surface area contributed by atoms with E-state index < -0.39 is 0 Å². The summed E-state index contributed by atoms with van der Waals surface area (Å²) in [7, 11) is 0. The molecule has 0 aliphatic carbocycles. The Kier molecular flexibility index (Phi) is 7.20. The Balaban J connectivity index is 3.92.